The molecular formula is C26H33F3N4. The summed E-state index contributed by atoms with van der Waals surface area (Å²) in [7, 11) is 5.68. The highest BCUT2D eigenvalue weighted by Crippen LogP contribution is 2.34. The van der Waals surface area contributed by atoms with Crippen molar-refractivity contribution in [3.05, 3.63) is 77.3 Å². The Morgan fingerprint density at radius 2 is 1.97 bits per heavy atom. The van der Waals surface area contributed by atoms with Gasteiger partial charge in [-0.3, -0.25) is 4.99 Å². The Balaban J connectivity index is 2.51. The van der Waals surface area contributed by atoms with Crippen molar-refractivity contribution >= 4 is 18.0 Å². The monoisotopic (exact) mass is 458 g/mol. The molecule has 4 nitrogen and oxygen atoms in total. The van der Waals surface area contributed by atoms with E-state index in [9.17, 15) is 13.2 Å². The van der Waals surface area contributed by atoms with E-state index in [1.54, 1.807) is 19.3 Å². The van der Waals surface area contributed by atoms with Gasteiger partial charge in [-0.1, -0.05) is 37.8 Å². The second-order valence-electron chi connectivity index (χ2n) is 8.02. The first-order chi connectivity index (χ1) is 15.7. The minimum atomic E-state index is -4.41. The first-order valence-electron chi connectivity index (χ1n) is 11.0. The summed E-state index contributed by atoms with van der Waals surface area (Å²) in [5.74, 6) is 0.737. The van der Waals surface area contributed by atoms with Gasteiger partial charge in [-0.2, -0.15) is 13.2 Å². The zero-order valence-electron chi connectivity index (χ0n) is 19.9. The first-order valence-corrected chi connectivity index (χ1v) is 11.0. The Bertz CT molecular complexity index is 966. The number of allylic oxidation sites excluding steroid dienone is 3. The van der Waals surface area contributed by atoms with E-state index in [1.807, 2.05) is 49.2 Å². The minimum Gasteiger partial charge on any atom is -0.322 e. The van der Waals surface area contributed by atoms with Crippen LogP contribution in [0.1, 0.15) is 37.3 Å². The van der Waals surface area contributed by atoms with Crippen molar-refractivity contribution in [1.82, 2.24) is 9.80 Å². The summed E-state index contributed by atoms with van der Waals surface area (Å²) in [5.41, 5.74) is 2.02. The van der Waals surface area contributed by atoms with Gasteiger partial charge in [0.1, 0.15) is 5.82 Å². The van der Waals surface area contributed by atoms with Gasteiger partial charge in [0.05, 0.1) is 12.1 Å². The van der Waals surface area contributed by atoms with Crippen LogP contribution in [0.5, 0.6) is 0 Å². The lowest BCUT2D eigenvalue weighted by molar-refractivity contribution is -0.137. The number of hydrogen-bond acceptors (Lipinski definition) is 4. The minimum absolute atomic E-state index is 0.452. The predicted molar refractivity (Wildman–Crippen MR) is 132 cm³/mol. The molecule has 1 heterocycles. The van der Waals surface area contributed by atoms with E-state index in [4.69, 9.17) is 0 Å². The number of nitrogens with zero attached hydrogens (tertiary/aromatic N) is 4. The van der Waals surface area contributed by atoms with Gasteiger partial charge in [0.15, 0.2) is 0 Å². The van der Waals surface area contributed by atoms with E-state index in [0.29, 0.717) is 29.8 Å². The number of alkyl halides is 3. The normalized spacial score (nSPS) is 15.3. The predicted octanol–water partition coefficient (Wildman–Crippen LogP) is 6.21. The van der Waals surface area contributed by atoms with Gasteiger partial charge in [0.25, 0.3) is 0 Å². The maximum atomic E-state index is 13.4. The van der Waals surface area contributed by atoms with Crippen molar-refractivity contribution < 1.29 is 13.2 Å². The fraction of sp³-hybridized carbons (Fsp3) is 0.385. The number of rotatable bonds is 10. The van der Waals surface area contributed by atoms with Crippen LogP contribution >= 0.6 is 0 Å². The highest BCUT2D eigenvalue weighted by Gasteiger charge is 2.31. The number of aliphatic imine (C=N–C) groups is 2. The van der Waals surface area contributed by atoms with Crippen LogP contribution in [0.15, 0.2) is 76.1 Å². The van der Waals surface area contributed by atoms with E-state index < -0.39 is 11.7 Å². The molecule has 0 unspecified atom stereocenters. The molecule has 0 saturated carbocycles. The summed E-state index contributed by atoms with van der Waals surface area (Å²) < 4.78 is 40.1. The molecule has 178 valence electrons. The summed E-state index contributed by atoms with van der Waals surface area (Å²) in [6.45, 7) is 7.44. The Kier molecular flexibility index (Phi) is 9.85. The van der Waals surface area contributed by atoms with Crippen LogP contribution in [0.2, 0.25) is 0 Å². The van der Waals surface area contributed by atoms with Gasteiger partial charge in [0, 0.05) is 37.3 Å². The smallest absolute Gasteiger partial charge is 0.322 e. The topological polar surface area (TPSA) is 31.2 Å². The Morgan fingerprint density at radius 1 is 1.21 bits per heavy atom. The molecule has 1 aromatic carbocycles. The summed E-state index contributed by atoms with van der Waals surface area (Å²) >= 11 is 0. The Hall–Kier alpha value is -2.93. The van der Waals surface area contributed by atoms with E-state index in [-0.39, 0.29) is 0 Å². The summed E-state index contributed by atoms with van der Waals surface area (Å²) in [6, 6.07) is 5.39. The molecular weight excluding hydrogens is 425 g/mol. The van der Waals surface area contributed by atoms with Crippen molar-refractivity contribution in [2.75, 3.05) is 34.2 Å². The van der Waals surface area contributed by atoms with E-state index in [2.05, 4.69) is 22.6 Å². The van der Waals surface area contributed by atoms with Crippen molar-refractivity contribution in [2.24, 2.45) is 9.98 Å². The van der Waals surface area contributed by atoms with Gasteiger partial charge in [-0.05, 0) is 62.7 Å². The molecule has 33 heavy (non-hydrogen) atoms. The zero-order chi connectivity index (χ0) is 24.4. The molecule has 0 radical (unpaired) electrons. The lowest BCUT2D eigenvalue weighted by atomic mass is 9.98. The number of likely N-dealkylation sites (N-methyl/N-ethyl adjacent to an activating group) is 1. The van der Waals surface area contributed by atoms with Crippen molar-refractivity contribution in [2.45, 2.75) is 32.4 Å². The zero-order valence-corrected chi connectivity index (χ0v) is 19.9. The molecule has 2 rings (SSSR count). The summed E-state index contributed by atoms with van der Waals surface area (Å²) in [6.07, 6.45) is 7.62. The second kappa shape index (κ2) is 12.3. The van der Waals surface area contributed by atoms with Crippen LogP contribution in [-0.4, -0.2) is 56.5 Å². The quantitative estimate of drug-likeness (QED) is 0.308. The molecule has 0 saturated heterocycles. The Labute approximate surface area is 195 Å². The van der Waals surface area contributed by atoms with E-state index >= 15 is 0 Å². The molecule has 1 aromatic rings. The van der Waals surface area contributed by atoms with Crippen LogP contribution in [0, 0.1) is 0 Å². The molecule has 1 aliphatic rings. The number of hydrogen-bond donors (Lipinski definition) is 0. The molecule has 7 heteroatoms. The third-order valence-corrected chi connectivity index (χ3v) is 5.02. The van der Waals surface area contributed by atoms with E-state index in [0.717, 1.165) is 36.8 Å². The molecule has 0 bridgehead atoms. The summed E-state index contributed by atoms with van der Waals surface area (Å²) in [5, 5.41) is 0. The van der Waals surface area contributed by atoms with Crippen LogP contribution < -0.4 is 0 Å². The third kappa shape index (κ3) is 7.86. The fourth-order valence-corrected chi connectivity index (χ4v) is 3.41. The highest BCUT2D eigenvalue weighted by molar-refractivity contribution is 5.81. The maximum Gasteiger partial charge on any atom is 0.416 e. The van der Waals surface area contributed by atoms with Crippen LogP contribution in [0.25, 0.3) is 5.57 Å². The summed E-state index contributed by atoms with van der Waals surface area (Å²) in [4.78, 5) is 12.8. The van der Waals surface area contributed by atoms with E-state index in [1.165, 1.54) is 12.1 Å². The van der Waals surface area contributed by atoms with Gasteiger partial charge < -0.3 is 9.80 Å². The van der Waals surface area contributed by atoms with Gasteiger partial charge in [0.2, 0.25) is 0 Å². The lowest BCUT2D eigenvalue weighted by Gasteiger charge is -2.30. The lowest BCUT2D eigenvalue weighted by Crippen LogP contribution is -2.26. The number of benzene rings is 1. The second-order valence-corrected chi connectivity index (χ2v) is 8.02. The molecule has 0 aromatic heterocycles. The maximum absolute atomic E-state index is 13.4. The average molecular weight is 459 g/mol. The van der Waals surface area contributed by atoms with Crippen LogP contribution in [0.3, 0.4) is 0 Å². The molecule has 0 aliphatic carbocycles. The van der Waals surface area contributed by atoms with Crippen molar-refractivity contribution in [1.29, 1.82) is 0 Å². The molecule has 0 spiro atoms. The van der Waals surface area contributed by atoms with Gasteiger partial charge >= 0.3 is 6.18 Å². The molecule has 0 atom stereocenters. The largest absolute Gasteiger partial charge is 0.416 e. The number of halogens is 3. The molecule has 0 amide bonds. The average Bonchev–Trinajstić information content (AvgIpc) is 2.79. The standard InChI is InChI=1S/C26H33F3N4/c1-6-10-24(22-11-9-12-23(17-22)26(27,28)29)20(2)33(25-13-7-8-15-31-25)19-21(18-30-3)14-16-32(4)5/h9-15,17-18H,2,6-8,16,19H2,1,3-5H3/b21-14+,24-10-,30-18-. The van der Waals surface area contributed by atoms with Gasteiger partial charge in [-0.25, -0.2) is 4.99 Å². The van der Waals surface area contributed by atoms with Crippen molar-refractivity contribution in [3.63, 3.8) is 0 Å². The molecule has 0 N–H and O–H groups in total. The first kappa shape index (κ1) is 26.3. The van der Waals surface area contributed by atoms with Crippen molar-refractivity contribution in [3.8, 4) is 0 Å². The highest BCUT2D eigenvalue weighted by atomic mass is 19.4. The third-order valence-electron chi connectivity index (χ3n) is 5.02. The molecule has 0 fully saturated rings. The van der Waals surface area contributed by atoms with Crippen LogP contribution in [0.4, 0.5) is 13.2 Å². The van der Waals surface area contributed by atoms with Gasteiger partial charge in [-0.15, -0.1) is 0 Å². The Morgan fingerprint density at radius 3 is 2.55 bits per heavy atom. The SMILES string of the molecule is C=C(/C(=C/CC)c1cccc(C(F)(F)F)c1)N(CC(/C=N\C)=C/CN(C)C)C1=CCCC=N1. The fourth-order valence-electron chi connectivity index (χ4n) is 3.41. The van der Waals surface area contributed by atoms with Crippen LogP contribution in [-0.2, 0) is 6.18 Å². The molecule has 1 aliphatic heterocycles.